The largest absolute Gasteiger partial charge is 0.391 e. The Kier molecular flexibility index (Phi) is 20.6. The van der Waals surface area contributed by atoms with Crippen LogP contribution in [-0.4, -0.2) is 121 Å². The van der Waals surface area contributed by atoms with Crippen LogP contribution in [0.25, 0.3) is 0 Å². The molecule has 52 heavy (non-hydrogen) atoms. The Bertz CT molecular complexity index is 1230. The minimum atomic E-state index is -1.38. The molecular weight excluding hydrogens is 678 g/mol. The van der Waals surface area contributed by atoms with E-state index in [0.717, 1.165) is 37.0 Å². The maximum Gasteiger partial charge on any atom is 0.245 e. The fourth-order valence-electron chi connectivity index (χ4n) is 6.16. The summed E-state index contributed by atoms with van der Waals surface area (Å²) < 4.78 is 0. The molecule has 17 N–H and O–H groups in total. The van der Waals surface area contributed by atoms with E-state index >= 15 is 0 Å². The van der Waals surface area contributed by atoms with Crippen LogP contribution in [0.1, 0.15) is 84.0 Å². The molecule has 0 aromatic carbocycles. The van der Waals surface area contributed by atoms with Gasteiger partial charge in [-0.05, 0) is 58.4 Å². The Morgan fingerprint density at radius 2 is 1.31 bits per heavy atom. The minimum Gasteiger partial charge on any atom is -0.391 e. The van der Waals surface area contributed by atoms with Crippen molar-refractivity contribution in [1.29, 1.82) is 10.8 Å². The Labute approximate surface area is 305 Å². The normalized spacial score (nSPS) is 16.5. The molecular formula is C32H61N13O7. The highest BCUT2D eigenvalue weighted by Gasteiger charge is 2.36. The molecule has 0 heterocycles. The third-order valence-corrected chi connectivity index (χ3v) is 9.03. The Balaban J connectivity index is 3.35. The maximum atomic E-state index is 14.1. The van der Waals surface area contributed by atoms with Gasteiger partial charge in [-0.25, -0.2) is 0 Å². The molecule has 1 aliphatic rings. The lowest BCUT2D eigenvalue weighted by atomic mass is 9.84. The first kappa shape index (κ1) is 45.3. The summed E-state index contributed by atoms with van der Waals surface area (Å²) >= 11 is 0. The van der Waals surface area contributed by atoms with Gasteiger partial charge >= 0.3 is 0 Å². The van der Waals surface area contributed by atoms with Crippen LogP contribution in [0.3, 0.4) is 0 Å². The second-order valence-electron chi connectivity index (χ2n) is 13.3. The number of nitrogens with two attached hydrogens (primary N) is 4. The van der Waals surface area contributed by atoms with Crippen molar-refractivity contribution >= 4 is 47.4 Å². The predicted octanol–water partition coefficient (Wildman–Crippen LogP) is -3.52. The third-order valence-electron chi connectivity index (χ3n) is 9.03. The van der Waals surface area contributed by atoms with Gasteiger partial charge in [0.05, 0.1) is 6.10 Å². The topological polar surface area (TPSA) is 350 Å². The minimum absolute atomic E-state index is 0.0321. The van der Waals surface area contributed by atoms with E-state index in [1.165, 1.54) is 21.0 Å². The van der Waals surface area contributed by atoms with E-state index in [1.807, 2.05) is 0 Å². The number of likely N-dealkylation sites (N-methyl/N-ethyl adjacent to an activating group) is 2. The van der Waals surface area contributed by atoms with Crippen molar-refractivity contribution < 1.29 is 33.9 Å². The average molecular weight is 740 g/mol. The number of carbonyl (C=O) groups is 6. The van der Waals surface area contributed by atoms with Crippen LogP contribution >= 0.6 is 0 Å². The first-order valence-electron chi connectivity index (χ1n) is 17.7. The highest BCUT2D eigenvalue weighted by atomic mass is 16.3. The van der Waals surface area contributed by atoms with Crippen molar-refractivity contribution in [3.05, 3.63) is 0 Å². The molecule has 1 aliphatic carbocycles. The van der Waals surface area contributed by atoms with Crippen LogP contribution in [0.2, 0.25) is 0 Å². The first-order chi connectivity index (χ1) is 24.5. The number of amides is 6. The van der Waals surface area contributed by atoms with E-state index in [1.54, 1.807) is 0 Å². The van der Waals surface area contributed by atoms with Crippen molar-refractivity contribution in [2.24, 2.45) is 28.9 Å². The van der Waals surface area contributed by atoms with Gasteiger partial charge in [-0.1, -0.05) is 32.1 Å². The molecule has 0 radical (unpaired) electrons. The van der Waals surface area contributed by atoms with Gasteiger partial charge < -0.3 is 64.8 Å². The van der Waals surface area contributed by atoms with E-state index in [-0.39, 0.29) is 69.5 Å². The predicted molar refractivity (Wildman–Crippen MR) is 194 cm³/mol. The van der Waals surface area contributed by atoms with Crippen molar-refractivity contribution in [1.82, 2.24) is 36.8 Å². The molecule has 1 fully saturated rings. The third kappa shape index (κ3) is 17.0. The summed E-state index contributed by atoms with van der Waals surface area (Å²) in [6.07, 6.45) is 4.26. The van der Waals surface area contributed by atoms with Crippen LogP contribution in [0.5, 0.6) is 0 Å². The number of aliphatic hydroxyl groups is 1. The van der Waals surface area contributed by atoms with Crippen molar-refractivity contribution in [3.63, 3.8) is 0 Å². The fraction of sp³-hybridized carbons (Fsp3) is 0.750. The highest BCUT2D eigenvalue weighted by Crippen LogP contribution is 2.27. The van der Waals surface area contributed by atoms with Gasteiger partial charge in [-0.15, -0.1) is 0 Å². The molecule has 20 nitrogen and oxygen atoms in total. The zero-order valence-electron chi connectivity index (χ0n) is 30.6. The highest BCUT2D eigenvalue weighted by molar-refractivity contribution is 5.96. The summed E-state index contributed by atoms with van der Waals surface area (Å²) in [5.41, 5.74) is 21.8. The molecule has 0 saturated heterocycles. The molecule has 20 heteroatoms. The molecule has 0 spiro atoms. The van der Waals surface area contributed by atoms with Crippen molar-refractivity contribution in [2.75, 3.05) is 27.2 Å². The van der Waals surface area contributed by atoms with E-state index in [0.29, 0.717) is 6.42 Å². The number of rotatable bonds is 24. The molecule has 0 unspecified atom stereocenters. The zero-order chi connectivity index (χ0) is 39.4. The van der Waals surface area contributed by atoms with Crippen LogP contribution in [0.15, 0.2) is 0 Å². The standard InChI is InChI=1S/C32H61N13O7/c1-18(46)25(39-2)29(51)42-20(11-7-15-40-31(35)36)27(49)43-21(13-14-24(33)47)30(52)45(3)23(12-8-16-41-32(37)38)28(50)44-22(26(34)48)17-19-9-5-4-6-10-19/h18-23,25,39,46H,4-17H2,1-3H3,(H2,33,47)(H2,34,48)(H,42,51)(H,43,49)(H,44,50)(H4,35,36,40)(H4,37,38,41)/t18-,20+,21+,22+,23+,25+/m1/s1. The number of hydrogen-bond donors (Lipinski definition) is 13. The van der Waals surface area contributed by atoms with Crippen molar-refractivity contribution in [2.45, 2.75) is 120 Å². The summed E-state index contributed by atoms with van der Waals surface area (Å²) in [4.78, 5) is 79.9. The molecule has 0 aliphatic heterocycles. The van der Waals surface area contributed by atoms with Gasteiger partial charge in [-0.2, -0.15) is 0 Å². The van der Waals surface area contributed by atoms with E-state index < -0.39 is 71.8 Å². The lowest BCUT2D eigenvalue weighted by Crippen LogP contribution is -2.60. The summed E-state index contributed by atoms with van der Waals surface area (Å²) in [6.45, 7) is 1.78. The summed E-state index contributed by atoms with van der Waals surface area (Å²) in [6, 6.07) is -5.82. The molecule has 296 valence electrons. The van der Waals surface area contributed by atoms with E-state index in [2.05, 4.69) is 31.9 Å². The second-order valence-corrected chi connectivity index (χ2v) is 13.3. The average Bonchev–Trinajstić information content (AvgIpc) is 3.07. The van der Waals surface area contributed by atoms with E-state index in [4.69, 9.17) is 33.8 Å². The second kappa shape index (κ2) is 23.7. The van der Waals surface area contributed by atoms with Crippen LogP contribution in [0.4, 0.5) is 0 Å². The number of nitrogens with zero attached hydrogens (tertiary/aromatic N) is 1. The molecule has 6 atom stereocenters. The summed E-state index contributed by atoms with van der Waals surface area (Å²) in [5.74, 6) is -4.72. The monoisotopic (exact) mass is 739 g/mol. The molecule has 1 saturated carbocycles. The lowest BCUT2D eigenvalue weighted by molar-refractivity contribution is -0.143. The van der Waals surface area contributed by atoms with Gasteiger partial charge in [0.2, 0.25) is 35.4 Å². The van der Waals surface area contributed by atoms with Crippen molar-refractivity contribution in [3.8, 4) is 0 Å². The SMILES string of the molecule is CN[C@H](C(=O)N[C@@H](CCCNC(=N)N)C(=O)N[C@@H](CCC(N)=O)C(=O)N(C)[C@@H](CCCNC(=N)N)C(=O)N[C@@H](CC1CCCCC1)C(N)=O)[C@@H](C)O. The summed E-state index contributed by atoms with van der Waals surface area (Å²) in [7, 11) is 2.81. The van der Waals surface area contributed by atoms with Gasteiger partial charge in [0.25, 0.3) is 0 Å². The van der Waals surface area contributed by atoms with E-state index in [9.17, 15) is 33.9 Å². The Hall–Kier alpha value is -4.72. The smallest absolute Gasteiger partial charge is 0.245 e. The molecule has 6 amide bonds. The van der Waals surface area contributed by atoms with Crippen LogP contribution in [-0.2, 0) is 28.8 Å². The zero-order valence-corrected chi connectivity index (χ0v) is 30.6. The maximum absolute atomic E-state index is 14.1. The van der Waals surface area contributed by atoms with Crippen LogP contribution < -0.4 is 54.8 Å². The molecule has 0 aromatic rings. The van der Waals surface area contributed by atoms with Crippen LogP contribution in [0, 0.1) is 16.7 Å². The van der Waals surface area contributed by atoms with Gasteiger partial charge in [0, 0.05) is 26.6 Å². The van der Waals surface area contributed by atoms with Gasteiger partial charge in [-0.3, -0.25) is 39.6 Å². The van der Waals surface area contributed by atoms with Gasteiger partial charge in [0.15, 0.2) is 11.9 Å². The quantitative estimate of drug-likeness (QED) is 0.0260. The number of nitrogens with one attached hydrogen (secondary N) is 8. The molecule has 0 bridgehead atoms. The first-order valence-corrected chi connectivity index (χ1v) is 17.7. The Morgan fingerprint density at radius 3 is 1.81 bits per heavy atom. The number of hydrogen-bond acceptors (Lipinski definition) is 10. The number of carbonyl (C=O) groups excluding carboxylic acids is 6. The number of aliphatic hydroxyl groups excluding tert-OH is 1. The lowest BCUT2D eigenvalue weighted by Gasteiger charge is -2.33. The van der Waals surface area contributed by atoms with Gasteiger partial charge in [0.1, 0.15) is 30.2 Å². The molecule has 1 rings (SSSR count). The number of guanidine groups is 2. The Morgan fingerprint density at radius 1 is 0.769 bits per heavy atom. The fourth-order valence-corrected chi connectivity index (χ4v) is 6.16. The number of primary amides is 2. The summed E-state index contributed by atoms with van der Waals surface area (Å²) in [5, 5.41) is 40.6. The molecule has 0 aromatic heterocycles.